The van der Waals surface area contributed by atoms with Gasteiger partial charge in [0.15, 0.2) is 11.5 Å². The Balaban J connectivity index is 2.42. The fourth-order valence-corrected chi connectivity index (χ4v) is 1.96. The number of phenolic OH excluding ortho intramolecular Hbond substituents is 1. The van der Waals surface area contributed by atoms with Gasteiger partial charge in [-0.3, -0.25) is 0 Å². The lowest BCUT2D eigenvalue weighted by Gasteiger charge is -2.15. The fourth-order valence-electron chi connectivity index (χ4n) is 1.96. The first-order valence-electron chi connectivity index (χ1n) is 4.92. The molecule has 0 amide bonds. The van der Waals surface area contributed by atoms with Crippen molar-refractivity contribution in [3.8, 4) is 11.5 Å². The number of aromatic hydroxyl groups is 1. The first-order chi connectivity index (χ1) is 7.47. The normalized spacial score (nSPS) is 26.5. The largest absolute Gasteiger partial charge is 0.504 e. The maximum atomic E-state index is 13.3. The molecular formula is C11H13F2NO2. The van der Waals surface area contributed by atoms with E-state index in [1.165, 1.54) is 25.3 Å². The molecule has 3 N–H and O–H groups in total. The number of benzene rings is 1. The van der Waals surface area contributed by atoms with E-state index in [2.05, 4.69) is 0 Å². The zero-order valence-corrected chi connectivity index (χ0v) is 8.84. The maximum absolute atomic E-state index is 13.3. The molecule has 0 saturated heterocycles. The van der Waals surface area contributed by atoms with Gasteiger partial charge in [0.25, 0.3) is 5.92 Å². The van der Waals surface area contributed by atoms with Gasteiger partial charge in [-0.05, 0) is 17.7 Å². The molecule has 0 bridgehead atoms. The van der Waals surface area contributed by atoms with Crippen molar-refractivity contribution in [1.82, 2.24) is 0 Å². The van der Waals surface area contributed by atoms with Gasteiger partial charge in [-0.1, -0.05) is 6.07 Å². The van der Waals surface area contributed by atoms with Crippen LogP contribution in [0.5, 0.6) is 11.5 Å². The highest BCUT2D eigenvalue weighted by atomic mass is 19.3. The smallest absolute Gasteiger partial charge is 0.260 e. The van der Waals surface area contributed by atoms with Gasteiger partial charge in [-0.15, -0.1) is 0 Å². The minimum absolute atomic E-state index is 0.0672. The molecule has 0 spiro atoms. The molecule has 0 heterocycles. The van der Waals surface area contributed by atoms with Crippen LogP contribution in [-0.2, 0) is 5.41 Å². The number of alkyl halides is 2. The lowest BCUT2D eigenvalue weighted by molar-refractivity contribution is 0.0895. The van der Waals surface area contributed by atoms with Crippen LogP contribution < -0.4 is 10.5 Å². The second-order valence-corrected chi connectivity index (χ2v) is 4.05. The molecule has 1 aliphatic carbocycles. The number of hydrogen-bond acceptors (Lipinski definition) is 3. The average Bonchev–Trinajstić information content (AvgIpc) is 2.83. The topological polar surface area (TPSA) is 55.5 Å². The second-order valence-electron chi connectivity index (χ2n) is 4.05. The summed E-state index contributed by atoms with van der Waals surface area (Å²) in [6.07, 6.45) is -0.246. The Morgan fingerprint density at radius 2 is 2.12 bits per heavy atom. The van der Waals surface area contributed by atoms with E-state index in [0.717, 1.165) is 0 Å². The Morgan fingerprint density at radius 3 is 2.56 bits per heavy atom. The average molecular weight is 229 g/mol. The van der Waals surface area contributed by atoms with Crippen molar-refractivity contribution in [3.63, 3.8) is 0 Å². The SMILES string of the molecule is COc1cc(C2(CN)CC2(F)F)ccc1O. The lowest BCUT2D eigenvalue weighted by Crippen LogP contribution is -2.26. The molecule has 88 valence electrons. The van der Waals surface area contributed by atoms with Gasteiger partial charge in [0.05, 0.1) is 12.5 Å². The highest BCUT2D eigenvalue weighted by molar-refractivity contribution is 5.48. The zero-order chi connectivity index (χ0) is 12.0. The van der Waals surface area contributed by atoms with Gasteiger partial charge >= 0.3 is 0 Å². The number of nitrogens with two attached hydrogens (primary N) is 1. The highest BCUT2D eigenvalue weighted by Crippen LogP contribution is 2.61. The molecule has 5 heteroatoms. The molecule has 0 aliphatic heterocycles. The predicted molar refractivity (Wildman–Crippen MR) is 55.0 cm³/mol. The van der Waals surface area contributed by atoms with E-state index < -0.39 is 11.3 Å². The third kappa shape index (κ3) is 1.35. The van der Waals surface area contributed by atoms with Gasteiger partial charge in [-0.25, -0.2) is 8.78 Å². The van der Waals surface area contributed by atoms with E-state index in [1.54, 1.807) is 0 Å². The summed E-state index contributed by atoms with van der Waals surface area (Å²) in [5.41, 5.74) is 4.55. The van der Waals surface area contributed by atoms with E-state index >= 15 is 0 Å². The summed E-state index contributed by atoms with van der Waals surface area (Å²) < 4.78 is 31.5. The number of halogens is 2. The van der Waals surface area contributed by atoms with E-state index in [-0.39, 0.29) is 24.5 Å². The fraction of sp³-hybridized carbons (Fsp3) is 0.455. The molecule has 1 unspecified atom stereocenters. The van der Waals surface area contributed by atoms with E-state index in [1.807, 2.05) is 0 Å². The molecule has 1 aliphatic rings. The molecule has 0 aromatic heterocycles. The minimum atomic E-state index is -2.76. The molecule has 1 atom stereocenters. The predicted octanol–water partition coefficient (Wildman–Crippen LogP) is 1.64. The first-order valence-corrected chi connectivity index (χ1v) is 4.92. The van der Waals surface area contributed by atoms with Gasteiger partial charge in [0.2, 0.25) is 0 Å². The summed E-state index contributed by atoms with van der Waals surface area (Å²) in [5, 5.41) is 9.38. The molecular weight excluding hydrogens is 216 g/mol. The zero-order valence-electron chi connectivity index (χ0n) is 8.84. The number of methoxy groups -OCH3 is 1. The van der Waals surface area contributed by atoms with Gasteiger partial charge in [0.1, 0.15) is 0 Å². The number of phenols is 1. The molecule has 1 aromatic rings. The van der Waals surface area contributed by atoms with Crippen molar-refractivity contribution >= 4 is 0 Å². The van der Waals surface area contributed by atoms with Crippen molar-refractivity contribution < 1.29 is 18.6 Å². The van der Waals surface area contributed by atoms with Crippen molar-refractivity contribution in [2.45, 2.75) is 17.8 Å². The molecule has 2 rings (SSSR count). The molecule has 3 nitrogen and oxygen atoms in total. The summed E-state index contributed by atoms with van der Waals surface area (Å²) in [6.45, 7) is -0.117. The van der Waals surface area contributed by atoms with Crippen LogP contribution in [-0.4, -0.2) is 24.7 Å². The Morgan fingerprint density at radius 1 is 1.50 bits per heavy atom. The monoisotopic (exact) mass is 229 g/mol. The Bertz CT molecular complexity index is 422. The minimum Gasteiger partial charge on any atom is -0.504 e. The van der Waals surface area contributed by atoms with E-state index in [4.69, 9.17) is 10.5 Å². The summed E-state index contributed by atoms with van der Waals surface area (Å²) in [5.74, 6) is -2.64. The van der Waals surface area contributed by atoms with Crippen LogP contribution in [0, 0.1) is 0 Å². The quantitative estimate of drug-likeness (QED) is 0.828. The molecule has 1 aromatic carbocycles. The van der Waals surface area contributed by atoms with Crippen molar-refractivity contribution in [2.24, 2.45) is 5.73 Å². The third-order valence-corrected chi connectivity index (χ3v) is 3.18. The molecule has 1 saturated carbocycles. The third-order valence-electron chi connectivity index (χ3n) is 3.18. The maximum Gasteiger partial charge on any atom is 0.260 e. The summed E-state index contributed by atoms with van der Waals surface area (Å²) in [7, 11) is 1.37. The Labute approximate surface area is 91.8 Å². The lowest BCUT2D eigenvalue weighted by atomic mass is 9.95. The standard InChI is InChI=1S/C11H13F2NO2/c1-16-9-4-7(2-3-8(9)15)10(6-14)5-11(10,12)13/h2-4,15H,5-6,14H2,1H3. The summed E-state index contributed by atoms with van der Waals surface area (Å²) in [6, 6.07) is 4.23. The van der Waals surface area contributed by atoms with Crippen molar-refractivity contribution in [2.75, 3.05) is 13.7 Å². The van der Waals surface area contributed by atoms with Gasteiger partial charge in [0, 0.05) is 13.0 Å². The van der Waals surface area contributed by atoms with Crippen LogP contribution in [0.25, 0.3) is 0 Å². The number of hydrogen-bond donors (Lipinski definition) is 2. The van der Waals surface area contributed by atoms with Gasteiger partial charge < -0.3 is 15.6 Å². The number of rotatable bonds is 3. The number of ether oxygens (including phenoxy) is 1. The van der Waals surface area contributed by atoms with Crippen LogP contribution in [0.2, 0.25) is 0 Å². The van der Waals surface area contributed by atoms with Crippen LogP contribution >= 0.6 is 0 Å². The summed E-state index contributed by atoms with van der Waals surface area (Å²) >= 11 is 0. The van der Waals surface area contributed by atoms with Crippen LogP contribution in [0.15, 0.2) is 18.2 Å². The van der Waals surface area contributed by atoms with E-state index in [9.17, 15) is 13.9 Å². The molecule has 0 radical (unpaired) electrons. The molecule has 16 heavy (non-hydrogen) atoms. The van der Waals surface area contributed by atoms with E-state index in [0.29, 0.717) is 5.56 Å². The first kappa shape index (κ1) is 11.1. The summed E-state index contributed by atoms with van der Waals surface area (Å²) in [4.78, 5) is 0. The Kier molecular flexibility index (Phi) is 2.31. The molecule has 1 fully saturated rings. The Hall–Kier alpha value is -1.36. The van der Waals surface area contributed by atoms with Crippen LogP contribution in [0.3, 0.4) is 0 Å². The van der Waals surface area contributed by atoms with Crippen molar-refractivity contribution in [1.29, 1.82) is 0 Å². The second kappa shape index (κ2) is 3.31. The van der Waals surface area contributed by atoms with Crippen molar-refractivity contribution in [3.05, 3.63) is 23.8 Å². The van der Waals surface area contributed by atoms with Crippen LogP contribution in [0.4, 0.5) is 8.78 Å². The van der Waals surface area contributed by atoms with Gasteiger partial charge in [-0.2, -0.15) is 0 Å². The van der Waals surface area contributed by atoms with Crippen LogP contribution in [0.1, 0.15) is 12.0 Å². The highest BCUT2D eigenvalue weighted by Gasteiger charge is 2.71.